The van der Waals surface area contributed by atoms with Gasteiger partial charge < -0.3 is 4.74 Å². The van der Waals surface area contributed by atoms with Crippen molar-refractivity contribution >= 4 is 27.7 Å². The molecule has 176 valence electrons. The van der Waals surface area contributed by atoms with Crippen molar-refractivity contribution in [3.63, 3.8) is 0 Å². The minimum absolute atomic E-state index is 0.182. The second-order valence-corrected chi connectivity index (χ2v) is 10.1. The summed E-state index contributed by atoms with van der Waals surface area (Å²) in [7, 11) is 0. The van der Waals surface area contributed by atoms with Gasteiger partial charge in [-0.2, -0.15) is 0 Å². The summed E-state index contributed by atoms with van der Waals surface area (Å²) in [6.45, 7) is 2.01. The van der Waals surface area contributed by atoms with Crippen LogP contribution in [0.25, 0.3) is 11.1 Å². The van der Waals surface area contributed by atoms with E-state index in [0.29, 0.717) is 17.0 Å². The smallest absolute Gasteiger partial charge is 0.338 e. The first-order valence-electron chi connectivity index (χ1n) is 12.2. The topological polar surface area (TPSA) is 43.4 Å². The highest BCUT2D eigenvalue weighted by Crippen LogP contribution is 2.37. The van der Waals surface area contributed by atoms with Gasteiger partial charge in [0, 0.05) is 10.0 Å². The number of ketones is 1. The Morgan fingerprint density at radius 1 is 0.794 bits per heavy atom. The van der Waals surface area contributed by atoms with Crippen molar-refractivity contribution in [2.75, 3.05) is 6.61 Å². The Morgan fingerprint density at radius 3 is 1.94 bits per heavy atom. The third-order valence-corrected chi connectivity index (χ3v) is 7.41. The molecule has 0 spiro atoms. The maximum absolute atomic E-state index is 12.6. The van der Waals surface area contributed by atoms with Crippen molar-refractivity contribution in [3.8, 4) is 11.1 Å². The molecule has 1 aliphatic rings. The summed E-state index contributed by atoms with van der Waals surface area (Å²) in [6.07, 6.45) is 7.69. The molecule has 3 aromatic carbocycles. The van der Waals surface area contributed by atoms with Crippen LogP contribution in [-0.2, 0) is 4.74 Å². The molecule has 4 heteroatoms. The number of ether oxygens (including phenoxy) is 1. The Morgan fingerprint density at radius 2 is 1.35 bits per heavy atom. The quantitative estimate of drug-likeness (QED) is 0.222. The fourth-order valence-corrected chi connectivity index (χ4v) is 5.14. The molecule has 3 nitrogen and oxygen atoms in total. The lowest BCUT2D eigenvalue weighted by atomic mass is 9.77. The summed E-state index contributed by atoms with van der Waals surface area (Å²) < 4.78 is 6.31. The van der Waals surface area contributed by atoms with Crippen LogP contribution in [0.5, 0.6) is 0 Å². The van der Waals surface area contributed by atoms with E-state index in [2.05, 4.69) is 35.0 Å². The molecule has 1 fully saturated rings. The normalized spacial score (nSPS) is 17.8. The van der Waals surface area contributed by atoms with Crippen LogP contribution < -0.4 is 0 Å². The third-order valence-electron chi connectivity index (χ3n) is 6.88. The first-order chi connectivity index (χ1) is 16.5. The lowest BCUT2D eigenvalue weighted by Gasteiger charge is -2.28. The number of benzene rings is 3. The fourth-order valence-electron chi connectivity index (χ4n) is 4.87. The zero-order valence-corrected chi connectivity index (χ0v) is 21.2. The maximum Gasteiger partial charge on any atom is 0.338 e. The standard InChI is InChI=1S/C30H31BrO3/c1-2-3-21-4-6-22(7-5-21)23-8-12-26(13-9-23)29(32)20-34-30(33)27-14-10-24(11-15-27)25-16-18-28(31)19-17-25/h8-19,21-22H,2-7,20H2,1H3. The Balaban J connectivity index is 1.28. The van der Waals surface area contributed by atoms with Crippen molar-refractivity contribution in [3.05, 3.63) is 94.0 Å². The zero-order chi connectivity index (χ0) is 23.9. The second-order valence-electron chi connectivity index (χ2n) is 9.21. The Kier molecular flexibility index (Phi) is 8.34. The van der Waals surface area contributed by atoms with Crippen LogP contribution in [0.2, 0.25) is 0 Å². The van der Waals surface area contributed by atoms with E-state index < -0.39 is 5.97 Å². The highest BCUT2D eigenvalue weighted by molar-refractivity contribution is 9.10. The van der Waals surface area contributed by atoms with E-state index in [1.165, 1.54) is 44.1 Å². The average molecular weight is 519 g/mol. The van der Waals surface area contributed by atoms with Gasteiger partial charge in [0.2, 0.25) is 0 Å². The van der Waals surface area contributed by atoms with E-state index in [4.69, 9.17) is 4.74 Å². The zero-order valence-electron chi connectivity index (χ0n) is 19.6. The number of Topliss-reactive ketones (excluding diaryl/α,β-unsaturated/α-hetero) is 1. The number of carbonyl (C=O) groups excluding carboxylic acids is 2. The minimum atomic E-state index is -0.490. The van der Waals surface area contributed by atoms with Crippen LogP contribution >= 0.6 is 15.9 Å². The van der Waals surface area contributed by atoms with Gasteiger partial charge in [-0.15, -0.1) is 0 Å². The van der Waals surface area contributed by atoms with E-state index in [1.54, 1.807) is 12.1 Å². The van der Waals surface area contributed by atoms with Crippen LogP contribution in [-0.4, -0.2) is 18.4 Å². The van der Waals surface area contributed by atoms with Gasteiger partial charge >= 0.3 is 5.97 Å². The highest BCUT2D eigenvalue weighted by Gasteiger charge is 2.22. The third kappa shape index (κ3) is 6.24. The number of rotatable bonds is 8. The van der Waals surface area contributed by atoms with Gasteiger partial charge in [0.05, 0.1) is 5.56 Å². The predicted octanol–water partition coefficient (Wildman–Crippen LogP) is 8.23. The van der Waals surface area contributed by atoms with E-state index >= 15 is 0 Å². The fraction of sp³-hybridized carbons (Fsp3) is 0.333. The molecular weight excluding hydrogens is 488 g/mol. The minimum Gasteiger partial charge on any atom is -0.454 e. The molecule has 0 aromatic heterocycles. The van der Waals surface area contributed by atoms with Gasteiger partial charge in [0.25, 0.3) is 0 Å². The highest BCUT2D eigenvalue weighted by atomic mass is 79.9. The molecule has 0 amide bonds. The summed E-state index contributed by atoms with van der Waals surface area (Å²) in [6, 6.07) is 23.1. The number of halogens is 1. The molecule has 1 saturated carbocycles. The van der Waals surface area contributed by atoms with Crippen molar-refractivity contribution < 1.29 is 14.3 Å². The first-order valence-corrected chi connectivity index (χ1v) is 13.0. The van der Waals surface area contributed by atoms with Crippen LogP contribution in [0.15, 0.2) is 77.3 Å². The van der Waals surface area contributed by atoms with Crippen molar-refractivity contribution in [2.24, 2.45) is 5.92 Å². The Bertz CT molecular complexity index is 1090. The van der Waals surface area contributed by atoms with Gasteiger partial charge in [0.15, 0.2) is 12.4 Å². The monoisotopic (exact) mass is 518 g/mol. The summed E-state index contributed by atoms with van der Waals surface area (Å²) in [5, 5.41) is 0. The van der Waals surface area contributed by atoms with Gasteiger partial charge in [-0.05, 0) is 78.5 Å². The molecule has 0 bridgehead atoms. The number of hydrogen-bond donors (Lipinski definition) is 0. The largest absolute Gasteiger partial charge is 0.454 e. The lowest BCUT2D eigenvalue weighted by molar-refractivity contribution is 0.0475. The molecule has 0 heterocycles. The molecule has 0 atom stereocenters. The summed E-state index contributed by atoms with van der Waals surface area (Å²) >= 11 is 3.43. The summed E-state index contributed by atoms with van der Waals surface area (Å²) in [5.74, 6) is 0.804. The molecule has 0 aliphatic heterocycles. The van der Waals surface area contributed by atoms with Crippen LogP contribution in [0.3, 0.4) is 0 Å². The summed E-state index contributed by atoms with van der Waals surface area (Å²) in [4.78, 5) is 25.0. The average Bonchev–Trinajstić information content (AvgIpc) is 2.88. The van der Waals surface area contributed by atoms with Crippen molar-refractivity contribution in [1.82, 2.24) is 0 Å². The van der Waals surface area contributed by atoms with E-state index in [9.17, 15) is 9.59 Å². The van der Waals surface area contributed by atoms with Crippen molar-refractivity contribution in [1.29, 1.82) is 0 Å². The van der Waals surface area contributed by atoms with Crippen LogP contribution in [0.1, 0.15) is 77.6 Å². The molecule has 4 rings (SSSR count). The van der Waals surface area contributed by atoms with E-state index in [1.807, 2.05) is 48.5 Å². The number of hydrogen-bond acceptors (Lipinski definition) is 3. The molecule has 0 N–H and O–H groups in total. The lowest BCUT2D eigenvalue weighted by Crippen LogP contribution is -2.15. The molecule has 1 aliphatic carbocycles. The van der Waals surface area contributed by atoms with Crippen LogP contribution in [0, 0.1) is 5.92 Å². The van der Waals surface area contributed by atoms with Crippen molar-refractivity contribution in [2.45, 2.75) is 51.4 Å². The van der Waals surface area contributed by atoms with Gasteiger partial charge in [-0.25, -0.2) is 4.79 Å². The second kappa shape index (κ2) is 11.6. The number of carbonyl (C=O) groups is 2. The molecule has 34 heavy (non-hydrogen) atoms. The molecule has 0 radical (unpaired) electrons. The molecule has 0 saturated heterocycles. The number of esters is 1. The summed E-state index contributed by atoms with van der Waals surface area (Å²) in [5.41, 5.74) is 4.41. The van der Waals surface area contributed by atoms with Gasteiger partial charge in [-0.3, -0.25) is 4.79 Å². The first kappa shape index (κ1) is 24.4. The van der Waals surface area contributed by atoms with E-state index in [-0.39, 0.29) is 12.4 Å². The Labute approximate surface area is 210 Å². The predicted molar refractivity (Wildman–Crippen MR) is 140 cm³/mol. The van der Waals surface area contributed by atoms with Gasteiger partial charge in [-0.1, -0.05) is 84.2 Å². The van der Waals surface area contributed by atoms with Crippen LogP contribution in [0.4, 0.5) is 0 Å². The SMILES string of the molecule is CCCC1CCC(c2ccc(C(=O)COC(=O)c3ccc(-c4ccc(Br)cc4)cc3)cc2)CC1. The van der Waals surface area contributed by atoms with Gasteiger partial charge in [0.1, 0.15) is 0 Å². The Hall–Kier alpha value is -2.72. The maximum atomic E-state index is 12.6. The molecule has 0 unspecified atom stereocenters. The molecule has 3 aromatic rings. The van der Waals surface area contributed by atoms with E-state index in [0.717, 1.165) is 21.5 Å². The molecular formula is C30H31BrO3.